The number of halogens is 1. The van der Waals surface area contributed by atoms with Crippen molar-refractivity contribution in [2.24, 2.45) is 4.99 Å². The van der Waals surface area contributed by atoms with Gasteiger partial charge in [0.25, 0.3) is 0 Å². The number of guanidine groups is 1. The topological polar surface area (TPSA) is 63.5 Å². The lowest BCUT2D eigenvalue weighted by Crippen LogP contribution is -2.38. The molecule has 0 bridgehead atoms. The number of ether oxygens (including phenoxy) is 1. The minimum atomic E-state index is 0. The molecular weight excluding hydrogens is 525 g/mol. The maximum Gasteiger partial charge on any atom is 0.191 e. The monoisotopic (exact) mass is 561 g/mol. The number of hydrogen-bond acceptors (Lipinski definition) is 3. The number of aliphatic imine (C=N–C) groups is 1. The molecule has 33 heavy (non-hydrogen) atoms. The minimum Gasteiger partial charge on any atom is -0.372 e. The third-order valence-electron chi connectivity index (χ3n) is 5.18. The summed E-state index contributed by atoms with van der Waals surface area (Å²) in [7, 11) is 0. The van der Waals surface area contributed by atoms with Crippen molar-refractivity contribution in [3.05, 3.63) is 88.7 Å². The molecule has 1 aromatic heterocycles. The Balaban J connectivity index is 0.00000385. The van der Waals surface area contributed by atoms with Crippen LogP contribution >= 0.6 is 24.0 Å². The van der Waals surface area contributed by atoms with Gasteiger partial charge in [-0.25, -0.2) is 4.99 Å². The quantitative estimate of drug-likeness (QED) is 0.150. The predicted molar refractivity (Wildman–Crippen MR) is 146 cm³/mol. The summed E-state index contributed by atoms with van der Waals surface area (Å²) in [6.45, 7) is 10.6. The Hall–Kier alpha value is -2.39. The molecule has 178 valence electrons. The zero-order chi connectivity index (χ0) is 22.6. The van der Waals surface area contributed by atoms with E-state index in [0.717, 1.165) is 37.7 Å². The number of nitrogens with one attached hydrogen (secondary N) is 2. The lowest BCUT2D eigenvalue weighted by molar-refractivity contribution is 0.106. The predicted octanol–water partition coefficient (Wildman–Crippen LogP) is 4.98. The minimum absolute atomic E-state index is 0. The van der Waals surface area contributed by atoms with E-state index in [-0.39, 0.29) is 24.0 Å². The average molecular weight is 562 g/mol. The second kappa shape index (κ2) is 14.7. The summed E-state index contributed by atoms with van der Waals surface area (Å²) in [5, 5.41) is 11.3. The van der Waals surface area contributed by atoms with Crippen LogP contribution in [0.3, 0.4) is 0 Å². The summed E-state index contributed by atoms with van der Waals surface area (Å²) >= 11 is 0. The summed E-state index contributed by atoms with van der Waals surface area (Å²) in [6, 6.07) is 20.7. The molecule has 0 fully saturated rings. The van der Waals surface area contributed by atoms with Crippen molar-refractivity contribution in [3.8, 4) is 0 Å². The maximum atomic E-state index is 5.95. The first-order valence-corrected chi connectivity index (χ1v) is 11.4. The number of aromatic nitrogens is 2. The Morgan fingerprint density at radius 1 is 0.970 bits per heavy atom. The first kappa shape index (κ1) is 26.9. The molecule has 3 rings (SSSR count). The van der Waals surface area contributed by atoms with Crippen LogP contribution in [0.5, 0.6) is 0 Å². The van der Waals surface area contributed by atoms with Gasteiger partial charge in [-0.1, -0.05) is 54.6 Å². The molecule has 0 radical (unpaired) electrons. The zero-order valence-electron chi connectivity index (χ0n) is 19.9. The third-order valence-corrected chi connectivity index (χ3v) is 5.18. The summed E-state index contributed by atoms with van der Waals surface area (Å²) in [5.41, 5.74) is 5.81. The van der Waals surface area contributed by atoms with Crippen LogP contribution in [0.25, 0.3) is 0 Å². The van der Waals surface area contributed by atoms with Gasteiger partial charge in [-0.15, -0.1) is 24.0 Å². The Kier molecular flexibility index (Phi) is 12.0. The van der Waals surface area contributed by atoms with Gasteiger partial charge in [0.05, 0.1) is 25.5 Å². The normalized spacial score (nSPS) is 11.2. The summed E-state index contributed by atoms with van der Waals surface area (Å²) in [6.07, 6.45) is 0.982. The number of rotatable bonds is 11. The second-order valence-electron chi connectivity index (χ2n) is 7.87. The van der Waals surface area contributed by atoms with Gasteiger partial charge in [0.1, 0.15) is 0 Å². The fourth-order valence-corrected chi connectivity index (χ4v) is 3.55. The van der Waals surface area contributed by atoms with E-state index < -0.39 is 0 Å². The van der Waals surface area contributed by atoms with E-state index in [1.165, 1.54) is 22.4 Å². The molecule has 2 aromatic carbocycles. The lowest BCUT2D eigenvalue weighted by atomic mass is 10.1. The Morgan fingerprint density at radius 2 is 1.70 bits per heavy atom. The van der Waals surface area contributed by atoms with Crippen LogP contribution < -0.4 is 10.6 Å². The highest BCUT2D eigenvalue weighted by Gasteiger charge is 2.04. The molecule has 0 aliphatic carbocycles. The standard InChI is InChI=1S/C26H35N5O.HI/c1-4-27-26(28-15-10-16-31-22(3)17-21(2)30-31)29-18-24-13-8-9-14-25(24)20-32-19-23-11-6-5-7-12-23;/h5-9,11-14,17H,4,10,15-16,18-20H2,1-3H3,(H2,27,28,29);1H. The van der Waals surface area contributed by atoms with Crippen LogP contribution in [0, 0.1) is 13.8 Å². The Morgan fingerprint density at radius 3 is 2.39 bits per heavy atom. The first-order valence-electron chi connectivity index (χ1n) is 11.4. The molecule has 0 spiro atoms. The molecule has 0 aliphatic rings. The molecule has 3 aromatic rings. The molecule has 0 amide bonds. The van der Waals surface area contributed by atoms with Crippen molar-refractivity contribution in [1.29, 1.82) is 0 Å². The van der Waals surface area contributed by atoms with Gasteiger partial charge < -0.3 is 15.4 Å². The molecule has 6 nitrogen and oxygen atoms in total. The highest BCUT2D eigenvalue weighted by Crippen LogP contribution is 2.13. The fraction of sp³-hybridized carbons (Fsp3) is 0.385. The molecule has 0 atom stereocenters. The zero-order valence-corrected chi connectivity index (χ0v) is 22.2. The van der Waals surface area contributed by atoms with Gasteiger partial charge >= 0.3 is 0 Å². The Labute approximate surface area is 214 Å². The van der Waals surface area contributed by atoms with Crippen molar-refractivity contribution in [1.82, 2.24) is 20.4 Å². The number of aryl methyl sites for hydroxylation is 3. The van der Waals surface area contributed by atoms with E-state index in [0.29, 0.717) is 19.8 Å². The molecule has 0 unspecified atom stereocenters. The number of hydrogen-bond donors (Lipinski definition) is 2. The Bertz CT molecular complexity index is 987. The highest BCUT2D eigenvalue weighted by atomic mass is 127. The molecular formula is C26H36IN5O. The van der Waals surface area contributed by atoms with Crippen molar-refractivity contribution in [2.75, 3.05) is 13.1 Å². The number of benzene rings is 2. The molecule has 0 aliphatic heterocycles. The van der Waals surface area contributed by atoms with Crippen LogP contribution in [0.2, 0.25) is 0 Å². The molecule has 7 heteroatoms. The van der Waals surface area contributed by atoms with E-state index in [1.54, 1.807) is 0 Å². The van der Waals surface area contributed by atoms with Crippen LogP contribution in [0.4, 0.5) is 0 Å². The summed E-state index contributed by atoms with van der Waals surface area (Å²) < 4.78 is 8.01. The lowest BCUT2D eigenvalue weighted by Gasteiger charge is -2.13. The average Bonchev–Trinajstić information content (AvgIpc) is 3.13. The fourth-order valence-electron chi connectivity index (χ4n) is 3.55. The van der Waals surface area contributed by atoms with Crippen LogP contribution in [-0.4, -0.2) is 28.8 Å². The van der Waals surface area contributed by atoms with E-state index in [4.69, 9.17) is 9.73 Å². The van der Waals surface area contributed by atoms with Crippen molar-refractivity contribution < 1.29 is 4.74 Å². The van der Waals surface area contributed by atoms with Crippen LogP contribution in [0.15, 0.2) is 65.7 Å². The third kappa shape index (κ3) is 9.17. The van der Waals surface area contributed by atoms with Crippen molar-refractivity contribution in [3.63, 3.8) is 0 Å². The molecule has 0 saturated heterocycles. The van der Waals surface area contributed by atoms with Gasteiger partial charge in [-0.2, -0.15) is 5.10 Å². The first-order chi connectivity index (χ1) is 15.7. The van der Waals surface area contributed by atoms with Gasteiger partial charge in [0.15, 0.2) is 5.96 Å². The SMILES string of the molecule is CCNC(=NCc1ccccc1COCc1ccccc1)NCCCn1nc(C)cc1C.I. The van der Waals surface area contributed by atoms with Crippen LogP contribution in [-0.2, 0) is 31.0 Å². The van der Waals surface area contributed by atoms with Crippen molar-refractivity contribution in [2.45, 2.75) is 53.5 Å². The molecule has 1 heterocycles. The smallest absolute Gasteiger partial charge is 0.191 e. The van der Waals surface area contributed by atoms with E-state index in [2.05, 4.69) is 76.7 Å². The van der Waals surface area contributed by atoms with Crippen LogP contribution in [0.1, 0.15) is 41.4 Å². The highest BCUT2D eigenvalue weighted by molar-refractivity contribution is 14.0. The number of nitrogens with zero attached hydrogens (tertiary/aromatic N) is 3. The van der Waals surface area contributed by atoms with Gasteiger partial charge in [0.2, 0.25) is 0 Å². The summed E-state index contributed by atoms with van der Waals surface area (Å²) in [5.74, 6) is 0.834. The molecule has 0 saturated carbocycles. The van der Waals surface area contributed by atoms with Gasteiger partial charge in [-0.05, 0) is 49.9 Å². The van der Waals surface area contributed by atoms with Gasteiger partial charge in [0, 0.05) is 25.3 Å². The summed E-state index contributed by atoms with van der Waals surface area (Å²) in [4.78, 5) is 4.79. The van der Waals surface area contributed by atoms with E-state index in [9.17, 15) is 0 Å². The van der Waals surface area contributed by atoms with E-state index >= 15 is 0 Å². The maximum absolute atomic E-state index is 5.95. The largest absolute Gasteiger partial charge is 0.372 e. The molecule has 2 N–H and O–H groups in total. The second-order valence-corrected chi connectivity index (χ2v) is 7.87. The van der Waals surface area contributed by atoms with E-state index in [1.807, 2.05) is 25.1 Å². The van der Waals surface area contributed by atoms with Gasteiger partial charge in [-0.3, -0.25) is 4.68 Å². The van der Waals surface area contributed by atoms with Crippen molar-refractivity contribution >= 4 is 29.9 Å².